The van der Waals surface area contributed by atoms with Crippen LogP contribution in [-0.2, 0) is 4.79 Å². The Morgan fingerprint density at radius 3 is 2.53 bits per heavy atom. The summed E-state index contributed by atoms with van der Waals surface area (Å²) in [6.07, 6.45) is 7.07. The zero-order valence-electron chi connectivity index (χ0n) is 11.1. The molecule has 0 radical (unpaired) electrons. The molecule has 2 N–H and O–H groups in total. The van der Waals surface area contributed by atoms with Gasteiger partial charge in [-0.25, -0.2) is 0 Å². The molecule has 98 valence electrons. The second-order valence-electron chi connectivity index (χ2n) is 6.76. The molecule has 2 rings (SSSR count). The van der Waals surface area contributed by atoms with Gasteiger partial charge in [-0.3, -0.25) is 4.79 Å². The van der Waals surface area contributed by atoms with Gasteiger partial charge in [-0.15, -0.1) is 0 Å². The third-order valence-electron chi connectivity index (χ3n) is 4.37. The molecule has 1 amide bonds. The summed E-state index contributed by atoms with van der Waals surface area (Å²) in [5.41, 5.74) is -0.477. The number of hydrogen-bond acceptors (Lipinski definition) is 2. The molecule has 0 aromatic carbocycles. The summed E-state index contributed by atoms with van der Waals surface area (Å²) in [4.78, 5) is 11.7. The fraction of sp³-hybridized carbons (Fsp3) is 0.929. The number of carbonyl (C=O) groups is 1. The molecule has 17 heavy (non-hydrogen) atoms. The van der Waals surface area contributed by atoms with Crippen LogP contribution in [0.2, 0.25) is 0 Å². The fourth-order valence-corrected chi connectivity index (χ4v) is 3.18. The van der Waals surface area contributed by atoms with Crippen LogP contribution in [0.4, 0.5) is 0 Å². The second kappa shape index (κ2) is 4.60. The van der Waals surface area contributed by atoms with Crippen LogP contribution in [0.25, 0.3) is 0 Å². The zero-order chi connectivity index (χ0) is 12.5. The molecule has 3 heteroatoms. The van der Waals surface area contributed by atoms with Gasteiger partial charge in [-0.2, -0.15) is 0 Å². The van der Waals surface area contributed by atoms with Gasteiger partial charge < -0.3 is 10.4 Å². The second-order valence-corrected chi connectivity index (χ2v) is 6.76. The maximum atomic E-state index is 11.7. The van der Waals surface area contributed by atoms with Crippen molar-refractivity contribution in [3.63, 3.8) is 0 Å². The van der Waals surface area contributed by atoms with E-state index in [0.717, 1.165) is 32.1 Å². The molecule has 2 fully saturated rings. The number of aliphatic hydroxyl groups is 1. The van der Waals surface area contributed by atoms with E-state index < -0.39 is 5.60 Å². The van der Waals surface area contributed by atoms with Gasteiger partial charge in [0, 0.05) is 12.5 Å². The molecule has 0 bridgehead atoms. The molecular formula is C14H25NO2. The van der Waals surface area contributed by atoms with Crippen LogP contribution in [0.1, 0.15) is 58.8 Å². The van der Waals surface area contributed by atoms with E-state index in [4.69, 9.17) is 0 Å². The van der Waals surface area contributed by atoms with Gasteiger partial charge in [0.15, 0.2) is 0 Å². The lowest BCUT2D eigenvalue weighted by molar-refractivity contribution is -0.129. The first-order valence-corrected chi connectivity index (χ1v) is 6.90. The normalized spacial score (nSPS) is 32.9. The van der Waals surface area contributed by atoms with Gasteiger partial charge in [-0.1, -0.05) is 20.3 Å². The highest BCUT2D eigenvalue weighted by Gasteiger charge is 2.39. The molecule has 1 atom stereocenters. The van der Waals surface area contributed by atoms with Gasteiger partial charge in [0.2, 0.25) is 5.91 Å². The lowest BCUT2D eigenvalue weighted by Crippen LogP contribution is -2.49. The van der Waals surface area contributed by atoms with Crippen molar-refractivity contribution in [1.82, 2.24) is 5.32 Å². The molecule has 0 spiro atoms. The highest BCUT2D eigenvalue weighted by molar-refractivity contribution is 5.79. The number of nitrogens with one attached hydrogen (secondary N) is 1. The van der Waals surface area contributed by atoms with E-state index in [1.807, 2.05) is 0 Å². The fourth-order valence-electron chi connectivity index (χ4n) is 3.18. The Morgan fingerprint density at radius 2 is 2.00 bits per heavy atom. The lowest BCUT2D eigenvalue weighted by atomic mass is 9.70. The first kappa shape index (κ1) is 12.9. The molecule has 2 aliphatic rings. The van der Waals surface area contributed by atoms with Crippen molar-refractivity contribution in [2.45, 2.75) is 64.4 Å². The van der Waals surface area contributed by atoms with Gasteiger partial charge in [0.05, 0.1) is 5.60 Å². The highest BCUT2D eigenvalue weighted by atomic mass is 16.3. The van der Waals surface area contributed by atoms with E-state index in [0.29, 0.717) is 6.54 Å². The smallest absolute Gasteiger partial charge is 0.223 e. The van der Waals surface area contributed by atoms with E-state index >= 15 is 0 Å². The van der Waals surface area contributed by atoms with Crippen molar-refractivity contribution < 1.29 is 9.90 Å². The maximum Gasteiger partial charge on any atom is 0.223 e. The minimum atomic E-state index is -0.679. The predicted octanol–water partition coefficient (Wildman–Crippen LogP) is 2.23. The number of carbonyl (C=O) groups excluding carboxylic acids is 1. The summed E-state index contributed by atoms with van der Waals surface area (Å²) in [5.74, 6) is 0.364. The number of hydrogen-bond donors (Lipinski definition) is 2. The molecule has 0 aromatic heterocycles. The van der Waals surface area contributed by atoms with Gasteiger partial charge >= 0.3 is 0 Å². The summed E-state index contributed by atoms with van der Waals surface area (Å²) in [5, 5.41) is 13.5. The van der Waals surface area contributed by atoms with Crippen molar-refractivity contribution in [3.8, 4) is 0 Å². The van der Waals surface area contributed by atoms with Crippen LogP contribution >= 0.6 is 0 Å². The van der Waals surface area contributed by atoms with Gasteiger partial charge in [0.1, 0.15) is 0 Å². The Kier molecular flexibility index (Phi) is 3.48. The van der Waals surface area contributed by atoms with E-state index in [9.17, 15) is 9.90 Å². The van der Waals surface area contributed by atoms with Crippen LogP contribution in [0.5, 0.6) is 0 Å². The molecule has 0 heterocycles. The molecule has 0 aromatic rings. The average molecular weight is 239 g/mol. The third kappa shape index (κ3) is 3.21. The summed E-state index contributed by atoms with van der Waals surface area (Å²) in [7, 11) is 0. The summed E-state index contributed by atoms with van der Waals surface area (Å²) < 4.78 is 0. The molecule has 2 saturated carbocycles. The molecule has 0 unspecified atom stereocenters. The van der Waals surface area contributed by atoms with Crippen molar-refractivity contribution in [2.75, 3.05) is 6.54 Å². The SMILES string of the molecule is CC1(C)CCC[C@@](O)(CNC(=O)C2CCC2)C1. The molecular weight excluding hydrogens is 214 g/mol. The van der Waals surface area contributed by atoms with Crippen molar-refractivity contribution in [2.24, 2.45) is 11.3 Å². The summed E-state index contributed by atoms with van der Waals surface area (Å²) in [6.45, 7) is 4.83. The first-order valence-electron chi connectivity index (χ1n) is 6.90. The topological polar surface area (TPSA) is 49.3 Å². The highest BCUT2D eigenvalue weighted by Crippen LogP contribution is 2.40. The number of rotatable bonds is 3. The van der Waals surface area contributed by atoms with Crippen LogP contribution in [0, 0.1) is 11.3 Å². The lowest BCUT2D eigenvalue weighted by Gasteiger charge is -2.42. The van der Waals surface area contributed by atoms with Crippen LogP contribution in [-0.4, -0.2) is 23.2 Å². The molecule has 3 nitrogen and oxygen atoms in total. The standard InChI is InChI=1S/C14H25NO2/c1-13(2)7-4-8-14(17,9-13)10-15-12(16)11-5-3-6-11/h11,17H,3-10H2,1-2H3,(H,15,16)/t14-/m0/s1. The van der Waals surface area contributed by atoms with Crippen LogP contribution < -0.4 is 5.32 Å². The van der Waals surface area contributed by atoms with Crippen molar-refractivity contribution in [1.29, 1.82) is 0 Å². The average Bonchev–Trinajstić information content (AvgIpc) is 2.10. The molecule has 2 aliphatic carbocycles. The van der Waals surface area contributed by atoms with Crippen LogP contribution in [0.3, 0.4) is 0 Å². The minimum Gasteiger partial charge on any atom is -0.388 e. The van der Waals surface area contributed by atoms with Crippen LogP contribution in [0.15, 0.2) is 0 Å². The quantitative estimate of drug-likeness (QED) is 0.793. The number of amides is 1. The Hall–Kier alpha value is -0.570. The largest absolute Gasteiger partial charge is 0.388 e. The Morgan fingerprint density at radius 1 is 1.29 bits per heavy atom. The summed E-state index contributed by atoms with van der Waals surface area (Å²) in [6, 6.07) is 0. The van der Waals surface area contributed by atoms with E-state index in [2.05, 4.69) is 19.2 Å². The Bertz CT molecular complexity index is 297. The monoisotopic (exact) mass is 239 g/mol. The first-order chi connectivity index (χ1) is 7.90. The van der Waals surface area contributed by atoms with Gasteiger partial charge in [0.25, 0.3) is 0 Å². The van der Waals surface area contributed by atoms with E-state index in [-0.39, 0.29) is 17.2 Å². The molecule has 0 aliphatic heterocycles. The Labute approximate surface area is 104 Å². The van der Waals surface area contributed by atoms with E-state index in [1.165, 1.54) is 12.8 Å². The van der Waals surface area contributed by atoms with E-state index in [1.54, 1.807) is 0 Å². The summed E-state index contributed by atoms with van der Waals surface area (Å²) >= 11 is 0. The van der Waals surface area contributed by atoms with Crippen molar-refractivity contribution in [3.05, 3.63) is 0 Å². The molecule has 0 saturated heterocycles. The Balaban J connectivity index is 1.82. The zero-order valence-corrected chi connectivity index (χ0v) is 11.1. The third-order valence-corrected chi connectivity index (χ3v) is 4.37. The van der Waals surface area contributed by atoms with Crippen molar-refractivity contribution >= 4 is 5.91 Å². The predicted molar refractivity (Wildman–Crippen MR) is 67.5 cm³/mol. The maximum absolute atomic E-state index is 11.7. The minimum absolute atomic E-state index is 0.146. The van der Waals surface area contributed by atoms with Gasteiger partial charge in [-0.05, 0) is 43.9 Å².